The number of ether oxygens (including phenoxy) is 1. The van der Waals surface area contributed by atoms with Gasteiger partial charge in [0.05, 0.1) is 5.92 Å². The molecule has 5 atom stereocenters. The highest BCUT2D eigenvalue weighted by Crippen LogP contribution is 2.60. The van der Waals surface area contributed by atoms with E-state index in [1.807, 2.05) is 0 Å². The number of halogens is 3. The van der Waals surface area contributed by atoms with E-state index in [9.17, 15) is 18.0 Å². The summed E-state index contributed by atoms with van der Waals surface area (Å²) in [6, 6.07) is 0. The Balaban J connectivity index is 1.90. The van der Waals surface area contributed by atoms with Crippen LogP contribution in [0.25, 0.3) is 0 Å². The van der Waals surface area contributed by atoms with Crippen molar-refractivity contribution in [1.82, 2.24) is 0 Å². The topological polar surface area (TPSA) is 26.3 Å². The molecule has 0 heterocycles. The monoisotopic (exact) mass is 302 g/mol. The molecule has 2 nitrogen and oxygen atoms in total. The largest absolute Gasteiger partial charge is 0.456 e. The number of carbonyl (C=O) groups excluding carboxylic acids is 1. The van der Waals surface area contributed by atoms with Crippen molar-refractivity contribution < 1.29 is 22.7 Å². The van der Waals surface area contributed by atoms with Crippen molar-refractivity contribution in [2.24, 2.45) is 23.7 Å². The molecule has 21 heavy (non-hydrogen) atoms. The van der Waals surface area contributed by atoms with E-state index >= 15 is 0 Å². The van der Waals surface area contributed by atoms with Crippen molar-refractivity contribution >= 4 is 5.97 Å². The zero-order valence-electron chi connectivity index (χ0n) is 12.2. The van der Waals surface area contributed by atoms with Gasteiger partial charge in [0.15, 0.2) is 0 Å². The quantitative estimate of drug-likeness (QED) is 0.563. The predicted octanol–water partition coefficient (Wildman–Crippen LogP) is 4.25. The third kappa shape index (κ3) is 2.59. The Morgan fingerprint density at radius 2 is 1.95 bits per heavy atom. The van der Waals surface area contributed by atoms with Gasteiger partial charge < -0.3 is 4.74 Å². The first-order valence-electron chi connectivity index (χ1n) is 7.66. The van der Waals surface area contributed by atoms with E-state index in [2.05, 4.69) is 6.58 Å². The van der Waals surface area contributed by atoms with Crippen LogP contribution in [0.1, 0.15) is 45.4 Å². The summed E-state index contributed by atoms with van der Waals surface area (Å²) in [4.78, 5) is 11.9. The third-order valence-corrected chi connectivity index (χ3v) is 5.63. The summed E-state index contributed by atoms with van der Waals surface area (Å²) in [7, 11) is 0. The molecule has 0 radical (unpaired) electrons. The zero-order chi connectivity index (χ0) is 15.4. The SMILES string of the molecule is C=C(C)C(=O)OC12CC3CCC(C(C3)C1)C(C(F)(F)F)C2. The maximum atomic E-state index is 13.4. The lowest BCUT2D eigenvalue weighted by Crippen LogP contribution is -2.56. The van der Waals surface area contributed by atoms with Gasteiger partial charge in [-0.05, 0) is 63.2 Å². The second-order valence-electron chi connectivity index (χ2n) is 7.22. The Morgan fingerprint density at radius 1 is 1.24 bits per heavy atom. The molecule has 3 fully saturated rings. The van der Waals surface area contributed by atoms with E-state index in [1.54, 1.807) is 0 Å². The van der Waals surface area contributed by atoms with Crippen LogP contribution in [-0.4, -0.2) is 17.7 Å². The highest BCUT2D eigenvalue weighted by molar-refractivity contribution is 5.87. The Morgan fingerprint density at radius 3 is 2.57 bits per heavy atom. The number of hydrogen-bond donors (Lipinski definition) is 0. The van der Waals surface area contributed by atoms with Crippen LogP contribution in [0, 0.1) is 23.7 Å². The molecule has 0 aromatic rings. The summed E-state index contributed by atoms with van der Waals surface area (Å²) in [6.45, 7) is 5.08. The minimum Gasteiger partial charge on any atom is -0.456 e. The van der Waals surface area contributed by atoms with Crippen LogP contribution in [0.15, 0.2) is 12.2 Å². The van der Waals surface area contributed by atoms with Gasteiger partial charge in [-0.2, -0.15) is 13.2 Å². The van der Waals surface area contributed by atoms with Crippen LogP contribution >= 0.6 is 0 Å². The fraction of sp³-hybridized carbons (Fsp3) is 0.812. The highest BCUT2D eigenvalue weighted by atomic mass is 19.4. The standard InChI is InChI=1S/C16H21F3O2/c1-9(2)14(20)21-15-6-10-3-4-12(11(5-10)7-15)13(8-15)16(17,18)19/h10-13H,1,3-8H2,2H3. The normalized spacial score (nSPS) is 41.7. The maximum Gasteiger partial charge on any atom is 0.392 e. The van der Waals surface area contributed by atoms with Gasteiger partial charge in [0.25, 0.3) is 0 Å². The number of hydrogen-bond acceptors (Lipinski definition) is 2. The van der Waals surface area contributed by atoms with Gasteiger partial charge in [-0.25, -0.2) is 4.79 Å². The van der Waals surface area contributed by atoms with Gasteiger partial charge in [-0.3, -0.25) is 0 Å². The number of rotatable bonds is 2. The van der Waals surface area contributed by atoms with Crippen LogP contribution in [0.2, 0.25) is 0 Å². The van der Waals surface area contributed by atoms with Crippen LogP contribution in [0.5, 0.6) is 0 Å². The highest BCUT2D eigenvalue weighted by Gasteiger charge is 2.61. The Labute approximate surface area is 122 Å². The number of carbonyl (C=O) groups is 1. The average Bonchev–Trinajstić information content (AvgIpc) is 2.34. The lowest BCUT2D eigenvalue weighted by molar-refractivity contribution is -0.250. The molecule has 3 saturated carbocycles. The predicted molar refractivity (Wildman–Crippen MR) is 71.4 cm³/mol. The fourth-order valence-electron chi connectivity index (χ4n) is 4.91. The summed E-state index contributed by atoms with van der Waals surface area (Å²) in [5.74, 6) is -1.69. The van der Waals surface area contributed by atoms with Gasteiger partial charge in [0.2, 0.25) is 0 Å². The first-order chi connectivity index (χ1) is 9.70. The van der Waals surface area contributed by atoms with Crippen LogP contribution in [0.3, 0.4) is 0 Å². The van der Waals surface area contributed by atoms with E-state index in [4.69, 9.17) is 4.74 Å². The van der Waals surface area contributed by atoms with Crippen molar-refractivity contribution in [3.05, 3.63) is 12.2 Å². The Bertz CT molecular complexity index is 467. The number of fused-ring (bicyclic) bond motifs is 2. The van der Waals surface area contributed by atoms with Gasteiger partial charge in [0.1, 0.15) is 5.60 Å². The van der Waals surface area contributed by atoms with Crippen molar-refractivity contribution in [2.75, 3.05) is 0 Å². The molecule has 5 heteroatoms. The van der Waals surface area contributed by atoms with E-state index < -0.39 is 23.7 Å². The second kappa shape index (κ2) is 4.75. The molecular weight excluding hydrogens is 281 g/mol. The van der Waals surface area contributed by atoms with Crippen molar-refractivity contribution in [3.63, 3.8) is 0 Å². The molecule has 3 rings (SSSR count). The minimum absolute atomic E-state index is 0.0517. The molecular formula is C16H21F3O2. The second-order valence-corrected chi connectivity index (χ2v) is 7.22. The van der Waals surface area contributed by atoms with Crippen molar-refractivity contribution in [3.8, 4) is 0 Å². The summed E-state index contributed by atoms with van der Waals surface area (Å²) in [5, 5.41) is 0. The van der Waals surface area contributed by atoms with Gasteiger partial charge in [0, 0.05) is 5.57 Å². The first kappa shape index (κ1) is 14.9. The first-order valence-corrected chi connectivity index (χ1v) is 7.66. The van der Waals surface area contributed by atoms with E-state index in [1.165, 1.54) is 6.92 Å². The molecule has 0 saturated heterocycles. The fourth-order valence-corrected chi connectivity index (χ4v) is 4.91. The van der Waals surface area contributed by atoms with E-state index in [0.29, 0.717) is 25.2 Å². The molecule has 118 valence electrons. The number of esters is 1. The van der Waals surface area contributed by atoms with Gasteiger partial charge in [-0.1, -0.05) is 6.58 Å². The zero-order valence-corrected chi connectivity index (χ0v) is 12.2. The Kier molecular flexibility index (Phi) is 3.37. The summed E-state index contributed by atoms with van der Waals surface area (Å²) in [6.07, 6.45) is -0.711. The molecule has 0 spiro atoms. The summed E-state index contributed by atoms with van der Waals surface area (Å²) in [5.41, 5.74) is -0.661. The molecule has 0 aromatic carbocycles. The van der Waals surface area contributed by atoms with Crippen molar-refractivity contribution in [1.29, 1.82) is 0 Å². The molecule has 0 N–H and O–H groups in total. The minimum atomic E-state index is -4.20. The number of alkyl halides is 3. The lowest BCUT2D eigenvalue weighted by Gasteiger charge is -2.57. The smallest absolute Gasteiger partial charge is 0.392 e. The molecule has 3 aliphatic carbocycles. The molecule has 3 aliphatic rings. The van der Waals surface area contributed by atoms with Gasteiger partial charge in [-0.15, -0.1) is 0 Å². The maximum absolute atomic E-state index is 13.4. The Hall–Kier alpha value is -1.00. The van der Waals surface area contributed by atoms with E-state index in [0.717, 1.165) is 12.8 Å². The average molecular weight is 302 g/mol. The summed E-state index contributed by atoms with van der Waals surface area (Å²) < 4.78 is 45.8. The van der Waals surface area contributed by atoms with E-state index in [-0.39, 0.29) is 23.8 Å². The summed E-state index contributed by atoms with van der Waals surface area (Å²) >= 11 is 0. The van der Waals surface area contributed by atoms with Crippen LogP contribution in [0.4, 0.5) is 13.2 Å². The van der Waals surface area contributed by atoms with Crippen LogP contribution < -0.4 is 0 Å². The third-order valence-electron chi connectivity index (χ3n) is 5.63. The van der Waals surface area contributed by atoms with Crippen molar-refractivity contribution in [2.45, 2.75) is 57.2 Å². The van der Waals surface area contributed by atoms with Gasteiger partial charge >= 0.3 is 12.1 Å². The molecule has 5 unspecified atom stereocenters. The molecule has 0 aliphatic heterocycles. The van der Waals surface area contributed by atoms with Crippen LogP contribution in [-0.2, 0) is 9.53 Å². The molecule has 0 amide bonds. The lowest BCUT2D eigenvalue weighted by atomic mass is 9.52. The molecule has 0 aromatic heterocycles. The molecule has 3 bridgehead atoms.